The number of ketones is 2. The third-order valence-corrected chi connectivity index (χ3v) is 2.83. The molecule has 0 spiro atoms. The Morgan fingerprint density at radius 2 is 1.84 bits per heavy atom. The van der Waals surface area contributed by atoms with Crippen LogP contribution in [0, 0.1) is 0 Å². The maximum atomic E-state index is 11.7. The number of allylic oxidation sites excluding steroid dienone is 4. The van der Waals surface area contributed by atoms with Crippen LogP contribution < -0.4 is 0 Å². The standard InChI is InChI=1S/C16H17ClO2/c17-13-15(18)11-7-2-1-3-8-12-16(19)14-9-5-4-6-10-14/h1,3-6,8-10,12H,2,7,11,13H2/b3-1+,12-8+. The van der Waals surface area contributed by atoms with Gasteiger partial charge in [0.15, 0.2) is 5.78 Å². The largest absolute Gasteiger partial charge is 0.298 e. The maximum Gasteiger partial charge on any atom is 0.185 e. The number of carbonyl (C=O) groups is 2. The van der Waals surface area contributed by atoms with Crippen molar-refractivity contribution in [2.24, 2.45) is 0 Å². The maximum absolute atomic E-state index is 11.7. The van der Waals surface area contributed by atoms with Gasteiger partial charge >= 0.3 is 0 Å². The summed E-state index contributed by atoms with van der Waals surface area (Å²) in [6.07, 6.45) is 9.15. The molecule has 0 radical (unpaired) electrons. The van der Waals surface area contributed by atoms with Crippen LogP contribution in [0.4, 0.5) is 0 Å². The van der Waals surface area contributed by atoms with Crippen LogP contribution in [0.3, 0.4) is 0 Å². The van der Waals surface area contributed by atoms with Crippen LogP contribution in [0.2, 0.25) is 0 Å². The van der Waals surface area contributed by atoms with Gasteiger partial charge < -0.3 is 0 Å². The molecular weight excluding hydrogens is 260 g/mol. The van der Waals surface area contributed by atoms with Crippen molar-refractivity contribution < 1.29 is 9.59 Å². The third kappa shape index (κ3) is 6.73. The van der Waals surface area contributed by atoms with Crippen LogP contribution >= 0.6 is 11.6 Å². The van der Waals surface area contributed by atoms with E-state index in [1.54, 1.807) is 18.2 Å². The summed E-state index contributed by atoms with van der Waals surface area (Å²) in [5.41, 5.74) is 0.680. The van der Waals surface area contributed by atoms with Crippen LogP contribution in [0.5, 0.6) is 0 Å². The number of Topliss-reactive ketones (excluding diaryl/α,β-unsaturated/α-hetero) is 1. The van der Waals surface area contributed by atoms with Crippen molar-refractivity contribution in [2.75, 3.05) is 5.88 Å². The van der Waals surface area contributed by atoms with Crippen molar-refractivity contribution in [3.05, 3.63) is 60.2 Å². The quantitative estimate of drug-likeness (QED) is 0.237. The summed E-state index contributed by atoms with van der Waals surface area (Å²) in [4.78, 5) is 22.6. The molecule has 1 rings (SSSR count). The molecule has 0 fully saturated rings. The van der Waals surface area contributed by atoms with E-state index >= 15 is 0 Å². The van der Waals surface area contributed by atoms with E-state index in [-0.39, 0.29) is 17.4 Å². The number of carbonyl (C=O) groups excluding carboxylic acids is 2. The van der Waals surface area contributed by atoms with Gasteiger partial charge in [-0.05, 0) is 18.9 Å². The van der Waals surface area contributed by atoms with E-state index in [9.17, 15) is 9.59 Å². The minimum Gasteiger partial charge on any atom is -0.298 e. The fourth-order valence-corrected chi connectivity index (χ4v) is 1.63. The van der Waals surface area contributed by atoms with Crippen molar-refractivity contribution in [3.8, 4) is 0 Å². The lowest BCUT2D eigenvalue weighted by Crippen LogP contribution is -1.97. The number of unbranched alkanes of at least 4 members (excludes halogenated alkanes) is 1. The zero-order valence-corrected chi connectivity index (χ0v) is 11.5. The third-order valence-electron chi connectivity index (χ3n) is 2.53. The average Bonchev–Trinajstić information content (AvgIpc) is 2.46. The van der Waals surface area contributed by atoms with Gasteiger partial charge in [-0.2, -0.15) is 0 Å². The van der Waals surface area contributed by atoms with Crippen molar-refractivity contribution in [3.63, 3.8) is 0 Å². The van der Waals surface area contributed by atoms with Gasteiger partial charge in [0, 0.05) is 12.0 Å². The molecular formula is C16H17ClO2. The summed E-state index contributed by atoms with van der Waals surface area (Å²) < 4.78 is 0. The predicted octanol–water partition coefficient (Wildman–Crippen LogP) is 3.96. The number of hydrogen-bond acceptors (Lipinski definition) is 2. The molecule has 0 bridgehead atoms. The van der Waals surface area contributed by atoms with E-state index in [4.69, 9.17) is 11.6 Å². The second-order valence-corrected chi connectivity index (χ2v) is 4.35. The van der Waals surface area contributed by atoms with Crippen molar-refractivity contribution >= 4 is 23.2 Å². The van der Waals surface area contributed by atoms with Gasteiger partial charge in [0.1, 0.15) is 5.78 Å². The first-order valence-electron chi connectivity index (χ1n) is 6.24. The lowest BCUT2D eigenvalue weighted by molar-refractivity contribution is -0.116. The van der Waals surface area contributed by atoms with Crippen LogP contribution in [-0.2, 0) is 4.79 Å². The molecule has 0 unspecified atom stereocenters. The van der Waals surface area contributed by atoms with E-state index in [1.807, 2.05) is 30.4 Å². The first-order valence-corrected chi connectivity index (χ1v) is 6.77. The molecule has 0 N–H and O–H groups in total. The van der Waals surface area contributed by atoms with E-state index in [2.05, 4.69) is 0 Å². The van der Waals surface area contributed by atoms with Crippen LogP contribution in [-0.4, -0.2) is 17.4 Å². The summed E-state index contributed by atoms with van der Waals surface area (Å²) in [6.45, 7) is 0. The molecule has 0 aromatic heterocycles. The number of alkyl halides is 1. The van der Waals surface area contributed by atoms with Gasteiger partial charge in [-0.3, -0.25) is 9.59 Å². The van der Waals surface area contributed by atoms with E-state index in [0.717, 1.165) is 12.8 Å². The molecule has 0 saturated carbocycles. The topological polar surface area (TPSA) is 34.1 Å². The van der Waals surface area contributed by atoms with Crippen LogP contribution in [0.1, 0.15) is 29.6 Å². The van der Waals surface area contributed by atoms with Crippen LogP contribution in [0.25, 0.3) is 0 Å². The summed E-state index contributed by atoms with van der Waals surface area (Å²) >= 11 is 5.39. The minimum atomic E-state index is -0.0115. The Hall–Kier alpha value is -1.67. The molecule has 0 atom stereocenters. The average molecular weight is 277 g/mol. The molecule has 19 heavy (non-hydrogen) atoms. The number of rotatable bonds is 8. The molecule has 1 aromatic carbocycles. The van der Waals surface area contributed by atoms with E-state index < -0.39 is 0 Å². The molecule has 0 heterocycles. The Balaban J connectivity index is 2.26. The van der Waals surface area contributed by atoms with Crippen molar-refractivity contribution in [2.45, 2.75) is 19.3 Å². The fraction of sp³-hybridized carbons (Fsp3) is 0.250. The Labute approximate surface area is 118 Å². The lowest BCUT2D eigenvalue weighted by Gasteiger charge is -1.93. The second kappa shape index (κ2) is 9.29. The van der Waals surface area contributed by atoms with Gasteiger partial charge in [-0.1, -0.05) is 48.6 Å². The Morgan fingerprint density at radius 1 is 1.11 bits per heavy atom. The zero-order chi connectivity index (χ0) is 13.9. The fourth-order valence-electron chi connectivity index (χ4n) is 1.50. The predicted molar refractivity (Wildman–Crippen MR) is 78.6 cm³/mol. The highest BCUT2D eigenvalue weighted by Crippen LogP contribution is 2.02. The van der Waals surface area contributed by atoms with Gasteiger partial charge in [0.05, 0.1) is 5.88 Å². The van der Waals surface area contributed by atoms with E-state index in [1.165, 1.54) is 6.08 Å². The Kier molecular flexibility index (Phi) is 7.52. The lowest BCUT2D eigenvalue weighted by atomic mass is 10.1. The highest BCUT2D eigenvalue weighted by Gasteiger charge is 1.98. The molecule has 100 valence electrons. The molecule has 3 heteroatoms. The molecule has 2 nitrogen and oxygen atoms in total. The summed E-state index contributed by atoms with van der Waals surface area (Å²) in [5.74, 6) is 0.155. The van der Waals surface area contributed by atoms with Crippen LogP contribution in [0.15, 0.2) is 54.6 Å². The smallest absolute Gasteiger partial charge is 0.185 e. The molecule has 0 saturated heterocycles. The number of hydrogen-bond donors (Lipinski definition) is 0. The molecule has 0 amide bonds. The highest BCUT2D eigenvalue weighted by molar-refractivity contribution is 6.27. The first-order chi connectivity index (χ1) is 9.24. The number of halogens is 1. The van der Waals surface area contributed by atoms with Gasteiger partial charge in [-0.25, -0.2) is 0 Å². The molecule has 1 aromatic rings. The van der Waals surface area contributed by atoms with Gasteiger partial charge in [-0.15, -0.1) is 11.6 Å². The minimum absolute atomic E-state index is 0.0115. The zero-order valence-electron chi connectivity index (χ0n) is 10.7. The van der Waals surface area contributed by atoms with Crippen molar-refractivity contribution in [1.82, 2.24) is 0 Å². The molecule has 0 aliphatic carbocycles. The van der Waals surface area contributed by atoms with Gasteiger partial charge in [0.25, 0.3) is 0 Å². The highest BCUT2D eigenvalue weighted by atomic mass is 35.5. The van der Waals surface area contributed by atoms with Gasteiger partial charge in [0.2, 0.25) is 0 Å². The Bertz CT molecular complexity index is 461. The monoisotopic (exact) mass is 276 g/mol. The normalized spacial score (nSPS) is 11.2. The summed E-state index contributed by atoms with van der Waals surface area (Å²) in [6, 6.07) is 9.13. The summed E-state index contributed by atoms with van der Waals surface area (Å²) in [7, 11) is 0. The SMILES string of the molecule is O=C(CCl)CCC/C=C/C=C/C(=O)c1ccccc1. The first kappa shape index (κ1) is 15.4. The number of benzene rings is 1. The Morgan fingerprint density at radius 3 is 2.53 bits per heavy atom. The molecule has 0 aliphatic rings. The second-order valence-electron chi connectivity index (χ2n) is 4.08. The summed E-state index contributed by atoms with van der Waals surface area (Å²) in [5, 5.41) is 0. The van der Waals surface area contributed by atoms with Crippen molar-refractivity contribution in [1.29, 1.82) is 0 Å². The van der Waals surface area contributed by atoms with E-state index in [0.29, 0.717) is 12.0 Å². The molecule has 0 aliphatic heterocycles.